The van der Waals surface area contributed by atoms with Crippen molar-refractivity contribution in [2.24, 2.45) is 5.73 Å². The topological polar surface area (TPSA) is 114 Å². The Hall–Kier alpha value is -2.55. The number of hydrogen-bond donors (Lipinski definition) is 2. The summed E-state index contributed by atoms with van der Waals surface area (Å²) < 4.78 is 0. The van der Waals surface area contributed by atoms with Gasteiger partial charge in [0.15, 0.2) is 5.13 Å². The van der Waals surface area contributed by atoms with Crippen molar-refractivity contribution in [1.29, 1.82) is 0 Å². The highest BCUT2D eigenvalue weighted by molar-refractivity contribution is 7.19. The molecule has 2 aromatic rings. The number of likely N-dealkylation sites (tertiary alicyclic amines) is 1. The highest BCUT2D eigenvalue weighted by Crippen LogP contribution is 2.36. The Morgan fingerprint density at radius 2 is 2.07 bits per heavy atom. The summed E-state index contributed by atoms with van der Waals surface area (Å²) in [7, 11) is 0. The first-order valence-corrected chi connectivity index (χ1v) is 10.0. The van der Waals surface area contributed by atoms with E-state index in [0.717, 1.165) is 41.4 Å². The molecule has 142 valence electrons. The first kappa shape index (κ1) is 17.8. The van der Waals surface area contributed by atoms with E-state index in [-0.39, 0.29) is 6.03 Å². The van der Waals surface area contributed by atoms with Gasteiger partial charge < -0.3 is 10.6 Å². The van der Waals surface area contributed by atoms with Gasteiger partial charge in [0, 0.05) is 18.7 Å². The summed E-state index contributed by atoms with van der Waals surface area (Å²) in [6, 6.07) is 0.990. The van der Waals surface area contributed by atoms with E-state index in [1.54, 1.807) is 6.20 Å². The number of primary amides is 1. The third-order valence-corrected chi connectivity index (χ3v) is 6.33. The SMILES string of the molecule is Cc1nc(NC(=O)N2CCCC2C(N)=O)sc1-c1ccnc(C2CCC2)n1. The number of anilines is 1. The molecule has 0 aromatic carbocycles. The molecule has 1 aliphatic heterocycles. The molecule has 4 rings (SSSR count). The van der Waals surface area contributed by atoms with Crippen molar-refractivity contribution in [3.63, 3.8) is 0 Å². The average Bonchev–Trinajstić information content (AvgIpc) is 3.20. The summed E-state index contributed by atoms with van der Waals surface area (Å²) in [6.45, 7) is 2.42. The Kier molecular flexibility index (Phi) is 4.77. The highest BCUT2D eigenvalue weighted by atomic mass is 32.1. The van der Waals surface area contributed by atoms with Crippen LogP contribution in [-0.2, 0) is 4.79 Å². The molecule has 2 aliphatic rings. The van der Waals surface area contributed by atoms with Crippen LogP contribution in [0.2, 0.25) is 0 Å². The fraction of sp³-hybridized carbons (Fsp3) is 0.500. The number of urea groups is 1. The zero-order chi connectivity index (χ0) is 19.0. The number of carbonyl (C=O) groups excluding carboxylic acids is 2. The van der Waals surface area contributed by atoms with Crippen LogP contribution in [0.1, 0.15) is 49.5 Å². The molecule has 3 amide bonds. The standard InChI is InChI=1S/C18H22N6O2S/c1-10-14(12-7-8-20-16(22-12)11-4-2-5-11)27-17(21-10)23-18(26)24-9-3-6-13(24)15(19)25/h7-8,11,13H,2-6,9H2,1H3,(H2,19,25)(H,21,23,26). The third kappa shape index (κ3) is 3.51. The van der Waals surface area contributed by atoms with Gasteiger partial charge in [-0.1, -0.05) is 17.8 Å². The Bertz CT molecular complexity index is 878. The molecule has 0 radical (unpaired) electrons. The second-order valence-corrected chi connectivity index (χ2v) is 8.04. The number of thiazole rings is 1. The number of amides is 3. The van der Waals surface area contributed by atoms with Crippen molar-refractivity contribution in [3.05, 3.63) is 23.8 Å². The monoisotopic (exact) mass is 386 g/mol. The Balaban J connectivity index is 1.52. The number of nitrogens with two attached hydrogens (primary N) is 1. The van der Waals surface area contributed by atoms with Crippen LogP contribution in [0.5, 0.6) is 0 Å². The van der Waals surface area contributed by atoms with Crippen molar-refractivity contribution in [2.45, 2.75) is 51.0 Å². The van der Waals surface area contributed by atoms with Crippen molar-refractivity contribution in [1.82, 2.24) is 19.9 Å². The van der Waals surface area contributed by atoms with Gasteiger partial charge in [-0.05, 0) is 38.7 Å². The summed E-state index contributed by atoms with van der Waals surface area (Å²) in [5.41, 5.74) is 7.03. The van der Waals surface area contributed by atoms with Gasteiger partial charge in [-0.15, -0.1) is 0 Å². The normalized spacial score (nSPS) is 19.7. The van der Waals surface area contributed by atoms with Crippen LogP contribution in [0, 0.1) is 6.92 Å². The van der Waals surface area contributed by atoms with E-state index in [1.165, 1.54) is 22.7 Å². The lowest BCUT2D eigenvalue weighted by Gasteiger charge is -2.23. The van der Waals surface area contributed by atoms with E-state index in [4.69, 9.17) is 10.7 Å². The Morgan fingerprint density at radius 3 is 2.78 bits per heavy atom. The lowest BCUT2D eigenvalue weighted by atomic mass is 9.85. The number of rotatable bonds is 4. The van der Waals surface area contributed by atoms with Gasteiger partial charge in [-0.25, -0.2) is 19.7 Å². The summed E-state index contributed by atoms with van der Waals surface area (Å²) in [6.07, 6.45) is 6.68. The summed E-state index contributed by atoms with van der Waals surface area (Å²) in [5, 5.41) is 3.29. The van der Waals surface area contributed by atoms with Crippen LogP contribution in [0.3, 0.4) is 0 Å². The molecule has 2 fully saturated rings. The predicted molar refractivity (Wildman–Crippen MR) is 102 cm³/mol. The summed E-state index contributed by atoms with van der Waals surface area (Å²) in [5.74, 6) is 0.875. The average molecular weight is 386 g/mol. The van der Waals surface area contributed by atoms with Gasteiger partial charge in [0.2, 0.25) is 5.91 Å². The van der Waals surface area contributed by atoms with Gasteiger partial charge in [0.05, 0.1) is 16.3 Å². The molecule has 1 atom stereocenters. The number of aromatic nitrogens is 3. The molecule has 8 nitrogen and oxygen atoms in total. The minimum atomic E-state index is -0.544. The molecule has 3 N–H and O–H groups in total. The molecular weight excluding hydrogens is 364 g/mol. The van der Waals surface area contributed by atoms with Gasteiger partial charge in [0.1, 0.15) is 11.9 Å². The quantitative estimate of drug-likeness (QED) is 0.838. The Morgan fingerprint density at radius 1 is 1.26 bits per heavy atom. The van der Waals surface area contributed by atoms with Gasteiger partial charge in [-0.2, -0.15) is 0 Å². The zero-order valence-corrected chi connectivity index (χ0v) is 16.0. The second kappa shape index (κ2) is 7.22. The van der Waals surface area contributed by atoms with E-state index in [2.05, 4.69) is 15.3 Å². The molecule has 9 heteroatoms. The second-order valence-electron chi connectivity index (χ2n) is 7.05. The van der Waals surface area contributed by atoms with Crippen molar-refractivity contribution >= 4 is 28.4 Å². The molecule has 1 saturated carbocycles. The molecule has 0 bridgehead atoms. The fourth-order valence-electron chi connectivity index (χ4n) is 3.52. The van der Waals surface area contributed by atoms with Crippen molar-refractivity contribution in [2.75, 3.05) is 11.9 Å². The summed E-state index contributed by atoms with van der Waals surface area (Å²) >= 11 is 1.38. The van der Waals surface area contributed by atoms with Gasteiger partial charge >= 0.3 is 6.03 Å². The third-order valence-electron chi connectivity index (χ3n) is 5.23. The largest absolute Gasteiger partial charge is 0.368 e. The minimum absolute atomic E-state index is 0.338. The zero-order valence-electron chi connectivity index (χ0n) is 15.1. The van der Waals surface area contributed by atoms with E-state index < -0.39 is 11.9 Å². The van der Waals surface area contributed by atoms with Crippen LogP contribution in [0.25, 0.3) is 10.6 Å². The van der Waals surface area contributed by atoms with Crippen molar-refractivity contribution in [3.8, 4) is 10.6 Å². The minimum Gasteiger partial charge on any atom is -0.368 e. The van der Waals surface area contributed by atoms with Gasteiger partial charge in [0.25, 0.3) is 0 Å². The summed E-state index contributed by atoms with van der Waals surface area (Å²) in [4.78, 5) is 40.0. The molecule has 1 aliphatic carbocycles. The number of nitrogens with zero attached hydrogens (tertiary/aromatic N) is 4. The maximum absolute atomic E-state index is 12.5. The number of nitrogens with one attached hydrogen (secondary N) is 1. The van der Waals surface area contributed by atoms with Crippen LogP contribution in [0.4, 0.5) is 9.93 Å². The van der Waals surface area contributed by atoms with Gasteiger partial charge in [-0.3, -0.25) is 10.1 Å². The van der Waals surface area contributed by atoms with E-state index in [9.17, 15) is 9.59 Å². The maximum Gasteiger partial charge on any atom is 0.324 e. The van der Waals surface area contributed by atoms with E-state index in [0.29, 0.717) is 24.0 Å². The fourth-order valence-corrected chi connectivity index (χ4v) is 4.45. The number of aryl methyl sites for hydroxylation is 1. The van der Waals surface area contributed by atoms with E-state index >= 15 is 0 Å². The predicted octanol–water partition coefficient (Wildman–Crippen LogP) is 2.66. The van der Waals surface area contributed by atoms with Crippen LogP contribution in [-0.4, -0.2) is 44.4 Å². The lowest BCUT2D eigenvalue weighted by molar-refractivity contribution is -0.121. The van der Waals surface area contributed by atoms with Crippen molar-refractivity contribution < 1.29 is 9.59 Å². The molecule has 2 aromatic heterocycles. The number of carbonyl (C=O) groups is 2. The first-order chi connectivity index (χ1) is 13.0. The molecule has 1 unspecified atom stereocenters. The highest BCUT2D eigenvalue weighted by Gasteiger charge is 2.33. The van der Waals surface area contributed by atoms with E-state index in [1.807, 2.05) is 13.0 Å². The van der Waals surface area contributed by atoms with Crippen LogP contribution >= 0.6 is 11.3 Å². The van der Waals surface area contributed by atoms with Crippen LogP contribution in [0.15, 0.2) is 12.3 Å². The smallest absolute Gasteiger partial charge is 0.324 e. The molecule has 3 heterocycles. The molecule has 27 heavy (non-hydrogen) atoms. The lowest BCUT2D eigenvalue weighted by Crippen LogP contribution is -2.45. The first-order valence-electron chi connectivity index (χ1n) is 9.20. The Labute approximate surface area is 161 Å². The molecule has 0 spiro atoms. The molecular formula is C18H22N6O2S. The molecule has 1 saturated heterocycles. The van der Waals surface area contributed by atoms with Crippen LogP contribution < -0.4 is 11.1 Å². The number of hydrogen-bond acceptors (Lipinski definition) is 6. The maximum atomic E-state index is 12.5.